The van der Waals surface area contributed by atoms with Crippen molar-refractivity contribution in [2.75, 3.05) is 34.4 Å². The van der Waals surface area contributed by atoms with Crippen LogP contribution in [0.5, 0.6) is 11.5 Å². The van der Waals surface area contributed by atoms with Gasteiger partial charge in [0.1, 0.15) is 6.10 Å². The molecule has 1 aliphatic carbocycles. The summed E-state index contributed by atoms with van der Waals surface area (Å²) < 4.78 is 16.4. The first-order valence-electron chi connectivity index (χ1n) is 8.86. The SMILES string of the molecule is COc1ccc([C@@]23CC[C@@H](OC(=O)CN)C[C@@H]2N(C)CC3)cc1OC. The third-order valence-corrected chi connectivity index (χ3v) is 5.90. The summed E-state index contributed by atoms with van der Waals surface area (Å²) in [4.78, 5) is 14.0. The molecule has 0 aromatic heterocycles. The maximum Gasteiger partial charge on any atom is 0.319 e. The molecule has 0 bridgehead atoms. The Morgan fingerprint density at radius 1 is 1.28 bits per heavy atom. The summed E-state index contributed by atoms with van der Waals surface area (Å²) in [6.45, 7) is 0.981. The first-order valence-corrected chi connectivity index (χ1v) is 8.86. The number of benzene rings is 1. The quantitative estimate of drug-likeness (QED) is 0.817. The van der Waals surface area contributed by atoms with Gasteiger partial charge < -0.3 is 24.8 Å². The van der Waals surface area contributed by atoms with Gasteiger partial charge in [-0.2, -0.15) is 0 Å². The van der Waals surface area contributed by atoms with E-state index in [0.29, 0.717) is 6.04 Å². The van der Waals surface area contributed by atoms with E-state index in [-0.39, 0.29) is 24.0 Å². The van der Waals surface area contributed by atoms with Crippen LogP contribution < -0.4 is 15.2 Å². The minimum Gasteiger partial charge on any atom is -0.493 e. The maximum absolute atomic E-state index is 11.6. The second-order valence-corrected chi connectivity index (χ2v) is 7.06. The summed E-state index contributed by atoms with van der Waals surface area (Å²) >= 11 is 0. The molecule has 6 heteroatoms. The van der Waals surface area contributed by atoms with Crippen LogP contribution in [0.15, 0.2) is 18.2 Å². The zero-order valence-corrected chi connectivity index (χ0v) is 15.3. The number of methoxy groups -OCH3 is 2. The van der Waals surface area contributed by atoms with Crippen molar-refractivity contribution in [3.63, 3.8) is 0 Å². The number of nitrogens with two attached hydrogens (primary N) is 1. The van der Waals surface area contributed by atoms with Gasteiger partial charge in [-0.1, -0.05) is 6.07 Å². The number of ether oxygens (including phenoxy) is 3. The molecule has 2 N–H and O–H groups in total. The highest BCUT2D eigenvalue weighted by Gasteiger charge is 2.51. The lowest BCUT2D eigenvalue weighted by Crippen LogP contribution is -2.48. The summed E-state index contributed by atoms with van der Waals surface area (Å²) in [6, 6.07) is 6.59. The average molecular weight is 348 g/mol. The molecule has 0 unspecified atom stereocenters. The van der Waals surface area contributed by atoms with E-state index >= 15 is 0 Å². The summed E-state index contributed by atoms with van der Waals surface area (Å²) in [5, 5.41) is 0. The Bertz CT molecular complexity index is 636. The lowest BCUT2D eigenvalue weighted by atomic mass is 9.65. The number of likely N-dealkylation sites (tertiary alicyclic amines) is 1. The van der Waals surface area contributed by atoms with Crippen molar-refractivity contribution in [3.05, 3.63) is 23.8 Å². The normalized spacial score (nSPS) is 29.1. The standard InChI is InChI=1S/C19H28N2O4/c1-21-9-8-19(13-4-5-15(23-2)16(10-13)24-3)7-6-14(11-17(19)21)25-18(22)12-20/h4-5,10,14,17H,6-9,11-12,20H2,1-3H3/t14-,17+,19+/m1/s1. The topological polar surface area (TPSA) is 74.0 Å². The van der Waals surface area contributed by atoms with Crippen molar-refractivity contribution in [1.29, 1.82) is 0 Å². The monoisotopic (exact) mass is 348 g/mol. The molecule has 0 radical (unpaired) electrons. The first kappa shape index (κ1) is 18.0. The summed E-state index contributed by atoms with van der Waals surface area (Å²) in [5.41, 5.74) is 6.74. The van der Waals surface area contributed by atoms with Crippen molar-refractivity contribution in [3.8, 4) is 11.5 Å². The number of rotatable bonds is 5. The van der Waals surface area contributed by atoms with Gasteiger partial charge in [-0.15, -0.1) is 0 Å². The van der Waals surface area contributed by atoms with E-state index in [1.54, 1.807) is 14.2 Å². The first-order chi connectivity index (χ1) is 12.0. The van der Waals surface area contributed by atoms with Gasteiger partial charge in [0.2, 0.25) is 0 Å². The van der Waals surface area contributed by atoms with Gasteiger partial charge in [0.25, 0.3) is 0 Å². The molecular formula is C19H28N2O4. The van der Waals surface area contributed by atoms with E-state index in [1.807, 2.05) is 6.07 Å². The summed E-state index contributed by atoms with van der Waals surface area (Å²) in [5.74, 6) is 1.19. The largest absolute Gasteiger partial charge is 0.493 e. The fourth-order valence-corrected chi connectivity index (χ4v) is 4.57. The molecule has 1 aromatic carbocycles. The van der Waals surface area contributed by atoms with Gasteiger partial charge in [0.15, 0.2) is 11.5 Å². The fraction of sp³-hybridized carbons (Fsp3) is 0.632. The fourth-order valence-electron chi connectivity index (χ4n) is 4.57. The zero-order chi connectivity index (χ0) is 18.0. The van der Waals surface area contributed by atoms with E-state index in [9.17, 15) is 4.79 Å². The Kier molecular flexibility index (Phi) is 5.20. The number of esters is 1. The van der Waals surface area contributed by atoms with Crippen molar-refractivity contribution in [1.82, 2.24) is 4.90 Å². The summed E-state index contributed by atoms with van der Waals surface area (Å²) in [6.07, 6.45) is 3.75. The minimum atomic E-state index is -0.315. The van der Waals surface area contributed by atoms with E-state index in [0.717, 1.165) is 43.7 Å². The molecular weight excluding hydrogens is 320 g/mol. The molecule has 3 atom stereocenters. The molecule has 1 saturated heterocycles. The van der Waals surface area contributed by atoms with Crippen LogP contribution in [0.2, 0.25) is 0 Å². The molecule has 6 nitrogen and oxygen atoms in total. The third-order valence-electron chi connectivity index (χ3n) is 5.90. The van der Waals surface area contributed by atoms with Gasteiger partial charge in [0.05, 0.1) is 20.8 Å². The molecule has 1 heterocycles. The van der Waals surface area contributed by atoms with Crippen LogP contribution in [0, 0.1) is 0 Å². The number of likely N-dealkylation sites (N-methyl/N-ethyl adjacent to an activating group) is 1. The van der Waals surface area contributed by atoms with Gasteiger partial charge in [-0.05, 0) is 50.6 Å². The van der Waals surface area contributed by atoms with Gasteiger partial charge >= 0.3 is 5.97 Å². The third kappa shape index (κ3) is 3.20. The molecule has 3 rings (SSSR count). The lowest BCUT2D eigenvalue weighted by molar-refractivity contribution is -0.150. The molecule has 2 fully saturated rings. The van der Waals surface area contributed by atoms with E-state index < -0.39 is 0 Å². The Morgan fingerprint density at radius 2 is 2.04 bits per heavy atom. The maximum atomic E-state index is 11.6. The van der Waals surface area contributed by atoms with E-state index in [2.05, 4.69) is 24.1 Å². The van der Waals surface area contributed by atoms with Crippen LogP contribution in [-0.4, -0.2) is 57.4 Å². The van der Waals surface area contributed by atoms with Crippen LogP contribution in [0.3, 0.4) is 0 Å². The van der Waals surface area contributed by atoms with Crippen molar-refractivity contribution in [2.45, 2.75) is 43.2 Å². The molecule has 138 valence electrons. The number of hydrogen-bond acceptors (Lipinski definition) is 6. The average Bonchev–Trinajstić information content (AvgIpc) is 2.98. The van der Waals surface area contributed by atoms with Crippen molar-refractivity contribution < 1.29 is 19.0 Å². The molecule has 1 saturated carbocycles. The zero-order valence-electron chi connectivity index (χ0n) is 15.3. The highest BCUT2D eigenvalue weighted by atomic mass is 16.5. The molecule has 25 heavy (non-hydrogen) atoms. The van der Waals surface area contributed by atoms with Crippen molar-refractivity contribution >= 4 is 5.97 Å². The van der Waals surface area contributed by atoms with Gasteiger partial charge in [0, 0.05) is 17.9 Å². The number of carbonyl (C=O) groups excluding carboxylic acids is 1. The van der Waals surface area contributed by atoms with Gasteiger partial charge in [-0.25, -0.2) is 0 Å². The van der Waals surface area contributed by atoms with E-state index in [1.165, 1.54) is 5.56 Å². The molecule has 0 spiro atoms. The summed E-state index contributed by atoms with van der Waals surface area (Å²) in [7, 11) is 5.47. The number of fused-ring (bicyclic) bond motifs is 1. The molecule has 1 aromatic rings. The predicted molar refractivity (Wildman–Crippen MR) is 95.0 cm³/mol. The molecule has 1 aliphatic heterocycles. The highest BCUT2D eigenvalue weighted by Crippen LogP contribution is 2.50. The second-order valence-electron chi connectivity index (χ2n) is 7.06. The lowest BCUT2D eigenvalue weighted by Gasteiger charge is -2.44. The number of nitrogens with zero attached hydrogens (tertiary/aromatic N) is 1. The van der Waals surface area contributed by atoms with Crippen LogP contribution in [0.1, 0.15) is 31.2 Å². The molecule has 2 aliphatic rings. The van der Waals surface area contributed by atoms with Crippen molar-refractivity contribution in [2.24, 2.45) is 5.73 Å². The van der Waals surface area contributed by atoms with Crippen LogP contribution >= 0.6 is 0 Å². The Hall–Kier alpha value is -1.79. The Labute approximate surface area is 149 Å². The van der Waals surface area contributed by atoms with Crippen LogP contribution in [0.25, 0.3) is 0 Å². The number of carbonyl (C=O) groups is 1. The minimum absolute atomic E-state index is 0.0464. The molecule has 0 amide bonds. The predicted octanol–water partition coefficient (Wildman–Crippen LogP) is 1.70. The van der Waals surface area contributed by atoms with E-state index in [4.69, 9.17) is 19.9 Å². The Morgan fingerprint density at radius 3 is 2.72 bits per heavy atom. The number of hydrogen-bond donors (Lipinski definition) is 1. The van der Waals surface area contributed by atoms with Crippen LogP contribution in [0.4, 0.5) is 0 Å². The second kappa shape index (κ2) is 7.22. The van der Waals surface area contributed by atoms with Gasteiger partial charge in [-0.3, -0.25) is 4.79 Å². The smallest absolute Gasteiger partial charge is 0.319 e. The highest BCUT2D eigenvalue weighted by molar-refractivity contribution is 5.71. The van der Waals surface area contributed by atoms with Crippen LogP contribution in [-0.2, 0) is 14.9 Å². The Balaban J connectivity index is 1.88.